The van der Waals surface area contributed by atoms with Gasteiger partial charge in [-0.15, -0.1) is 0 Å². The first-order valence-corrected chi connectivity index (χ1v) is 6.66. The van der Waals surface area contributed by atoms with Gasteiger partial charge in [-0.3, -0.25) is 0 Å². The van der Waals surface area contributed by atoms with Crippen molar-refractivity contribution in [3.8, 4) is 0 Å². The summed E-state index contributed by atoms with van der Waals surface area (Å²) in [6, 6.07) is 5.87. The van der Waals surface area contributed by atoms with E-state index < -0.39 is 0 Å². The molecule has 0 fully saturated rings. The van der Waals surface area contributed by atoms with Crippen LogP contribution in [0.5, 0.6) is 0 Å². The zero-order valence-electron chi connectivity index (χ0n) is 10.0. The van der Waals surface area contributed by atoms with Gasteiger partial charge in [0.05, 0.1) is 6.10 Å². The molecule has 0 spiro atoms. The van der Waals surface area contributed by atoms with Gasteiger partial charge in [0.25, 0.3) is 0 Å². The summed E-state index contributed by atoms with van der Waals surface area (Å²) >= 11 is 9.58. The third-order valence-electron chi connectivity index (χ3n) is 2.63. The summed E-state index contributed by atoms with van der Waals surface area (Å²) in [4.78, 5) is 0. The molecule has 0 aliphatic carbocycles. The zero-order chi connectivity index (χ0) is 12.8. The van der Waals surface area contributed by atoms with Crippen molar-refractivity contribution >= 4 is 27.5 Å². The second-order valence-electron chi connectivity index (χ2n) is 3.91. The number of benzene rings is 1. The van der Waals surface area contributed by atoms with Crippen LogP contribution in [0.1, 0.15) is 18.5 Å². The molecule has 0 radical (unpaired) electrons. The second-order valence-corrected chi connectivity index (χ2v) is 5.23. The van der Waals surface area contributed by atoms with Crippen LogP contribution < -0.4 is 11.1 Å². The van der Waals surface area contributed by atoms with E-state index in [0.29, 0.717) is 11.6 Å². The molecule has 2 unspecified atom stereocenters. The summed E-state index contributed by atoms with van der Waals surface area (Å²) in [6.07, 6.45) is 0.151. The molecular weight excluding hydrogens is 304 g/mol. The number of hydrogen-bond donors (Lipinski definition) is 2. The van der Waals surface area contributed by atoms with Crippen LogP contribution in [0.15, 0.2) is 22.7 Å². The van der Waals surface area contributed by atoms with Gasteiger partial charge in [-0.1, -0.05) is 33.6 Å². The van der Waals surface area contributed by atoms with Gasteiger partial charge in [-0.25, -0.2) is 0 Å². The number of halogens is 2. The summed E-state index contributed by atoms with van der Waals surface area (Å²) in [6.45, 7) is 3.24. The number of nitrogens with one attached hydrogen (secondary N) is 1. The smallest absolute Gasteiger partial charge is 0.0667 e. The number of nitrogens with two attached hydrogens (primary N) is 1. The minimum atomic E-state index is 0.0493. The Bertz CT molecular complexity index is 362. The summed E-state index contributed by atoms with van der Waals surface area (Å²) in [5.74, 6) is 0. The van der Waals surface area contributed by atoms with Gasteiger partial charge in [-0.05, 0) is 24.6 Å². The Morgan fingerprint density at radius 1 is 1.53 bits per heavy atom. The maximum absolute atomic E-state index is 6.20. The predicted molar refractivity (Wildman–Crippen MR) is 75.4 cm³/mol. The molecular formula is C12H18BrClN2O. The zero-order valence-corrected chi connectivity index (χ0v) is 12.4. The number of hydrogen-bond acceptors (Lipinski definition) is 3. The van der Waals surface area contributed by atoms with E-state index in [0.717, 1.165) is 16.6 Å². The van der Waals surface area contributed by atoms with Gasteiger partial charge >= 0.3 is 0 Å². The number of methoxy groups -OCH3 is 1. The molecule has 96 valence electrons. The second kappa shape index (κ2) is 7.34. The average molecular weight is 322 g/mol. The number of rotatable bonds is 6. The summed E-state index contributed by atoms with van der Waals surface area (Å²) in [5.41, 5.74) is 6.78. The normalized spacial score (nSPS) is 14.6. The summed E-state index contributed by atoms with van der Waals surface area (Å²) in [7, 11) is 1.69. The van der Waals surface area contributed by atoms with Gasteiger partial charge in [0.1, 0.15) is 0 Å². The Hall–Kier alpha value is -0.130. The van der Waals surface area contributed by atoms with E-state index in [2.05, 4.69) is 21.2 Å². The van der Waals surface area contributed by atoms with Crippen LogP contribution in [0.2, 0.25) is 5.02 Å². The minimum Gasteiger partial charge on any atom is -0.380 e. The van der Waals surface area contributed by atoms with E-state index in [1.807, 2.05) is 25.1 Å². The maximum atomic E-state index is 6.20. The van der Waals surface area contributed by atoms with E-state index in [9.17, 15) is 0 Å². The summed E-state index contributed by atoms with van der Waals surface area (Å²) in [5, 5.41) is 4.06. The highest BCUT2D eigenvalue weighted by Gasteiger charge is 2.13. The Labute approximate surface area is 116 Å². The minimum absolute atomic E-state index is 0.0493. The van der Waals surface area contributed by atoms with Crippen LogP contribution in [-0.2, 0) is 4.74 Å². The van der Waals surface area contributed by atoms with Crippen molar-refractivity contribution in [2.24, 2.45) is 5.73 Å². The molecule has 3 N–H and O–H groups in total. The first-order valence-electron chi connectivity index (χ1n) is 5.49. The van der Waals surface area contributed by atoms with E-state index >= 15 is 0 Å². The Morgan fingerprint density at radius 2 is 2.24 bits per heavy atom. The van der Waals surface area contributed by atoms with Crippen LogP contribution in [0.3, 0.4) is 0 Å². The standard InChI is InChI=1S/C12H18BrClN2O/c1-8(17-2)7-16-12(6-15)10-4-3-9(13)5-11(10)14/h3-5,8,12,16H,6-7,15H2,1-2H3. The Kier molecular flexibility index (Phi) is 6.44. The fraction of sp³-hybridized carbons (Fsp3) is 0.500. The topological polar surface area (TPSA) is 47.3 Å². The van der Waals surface area contributed by atoms with Crippen molar-refractivity contribution in [1.82, 2.24) is 5.32 Å². The van der Waals surface area contributed by atoms with Crippen LogP contribution in [0.4, 0.5) is 0 Å². The Morgan fingerprint density at radius 3 is 2.76 bits per heavy atom. The molecule has 1 aromatic carbocycles. The SMILES string of the molecule is COC(C)CNC(CN)c1ccc(Br)cc1Cl. The van der Waals surface area contributed by atoms with Crippen LogP contribution in [-0.4, -0.2) is 26.3 Å². The molecule has 1 rings (SSSR count). The molecule has 17 heavy (non-hydrogen) atoms. The lowest BCUT2D eigenvalue weighted by Crippen LogP contribution is -2.34. The molecule has 0 heterocycles. The van der Waals surface area contributed by atoms with Crippen LogP contribution >= 0.6 is 27.5 Å². The molecule has 0 aromatic heterocycles. The van der Waals surface area contributed by atoms with Crippen molar-refractivity contribution in [2.45, 2.75) is 19.1 Å². The van der Waals surface area contributed by atoms with Gasteiger partial charge in [-0.2, -0.15) is 0 Å². The highest BCUT2D eigenvalue weighted by atomic mass is 79.9. The fourth-order valence-electron chi connectivity index (χ4n) is 1.50. The van der Waals surface area contributed by atoms with Crippen molar-refractivity contribution < 1.29 is 4.74 Å². The van der Waals surface area contributed by atoms with E-state index in [4.69, 9.17) is 22.1 Å². The third-order valence-corrected chi connectivity index (χ3v) is 3.45. The molecule has 0 saturated carbocycles. The third kappa shape index (κ3) is 4.56. The monoisotopic (exact) mass is 320 g/mol. The van der Waals surface area contributed by atoms with Crippen molar-refractivity contribution in [2.75, 3.05) is 20.2 Å². The molecule has 0 amide bonds. The van der Waals surface area contributed by atoms with Crippen molar-refractivity contribution in [3.63, 3.8) is 0 Å². The van der Waals surface area contributed by atoms with Crippen LogP contribution in [0, 0.1) is 0 Å². The summed E-state index contributed by atoms with van der Waals surface area (Å²) < 4.78 is 6.15. The van der Waals surface area contributed by atoms with Gasteiger partial charge in [0, 0.05) is 35.7 Å². The molecule has 5 heteroatoms. The first kappa shape index (κ1) is 14.9. The molecule has 0 aliphatic rings. The lowest BCUT2D eigenvalue weighted by atomic mass is 10.1. The average Bonchev–Trinajstić information content (AvgIpc) is 2.31. The maximum Gasteiger partial charge on any atom is 0.0667 e. The van der Waals surface area contributed by atoms with Crippen LogP contribution in [0.25, 0.3) is 0 Å². The molecule has 1 aromatic rings. The van der Waals surface area contributed by atoms with E-state index in [-0.39, 0.29) is 12.1 Å². The van der Waals surface area contributed by atoms with Gasteiger partial charge in [0.15, 0.2) is 0 Å². The van der Waals surface area contributed by atoms with Crippen molar-refractivity contribution in [3.05, 3.63) is 33.3 Å². The Balaban J connectivity index is 2.72. The number of ether oxygens (including phenoxy) is 1. The lowest BCUT2D eigenvalue weighted by Gasteiger charge is -2.20. The van der Waals surface area contributed by atoms with E-state index in [1.54, 1.807) is 7.11 Å². The largest absolute Gasteiger partial charge is 0.380 e. The fourth-order valence-corrected chi connectivity index (χ4v) is 2.30. The van der Waals surface area contributed by atoms with Gasteiger partial charge < -0.3 is 15.8 Å². The van der Waals surface area contributed by atoms with Crippen molar-refractivity contribution in [1.29, 1.82) is 0 Å². The highest BCUT2D eigenvalue weighted by molar-refractivity contribution is 9.10. The predicted octanol–water partition coefficient (Wildman–Crippen LogP) is 2.73. The quantitative estimate of drug-likeness (QED) is 0.847. The van der Waals surface area contributed by atoms with E-state index in [1.165, 1.54) is 0 Å². The lowest BCUT2D eigenvalue weighted by molar-refractivity contribution is 0.114. The highest BCUT2D eigenvalue weighted by Crippen LogP contribution is 2.26. The first-order chi connectivity index (χ1) is 8.08. The molecule has 0 aliphatic heterocycles. The molecule has 2 atom stereocenters. The molecule has 0 bridgehead atoms. The molecule has 0 saturated heterocycles. The van der Waals surface area contributed by atoms with Gasteiger partial charge in [0.2, 0.25) is 0 Å². The molecule has 3 nitrogen and oxygen atoms in total.